The first-order valence-corrected chi connectivity index (χ1v) is 11.3. The third-order valence-electron chi connectivity index (χ3n) is 5.99. The van der Waals surface area contributed by atoms with E-state index < -0.39 is 0 Å². The Balaban J connectivity index is 0.00000341. The van der Waals surface area contributed by atoms with E-state index in [0.717, 1.165) is 44.7 Å². The largest absolute Gasteiger partial charge is 0.356 e. The summed E-state index contributed by atoms with van der Waals surface area (Å²) in [5.74, 6) is 1.28. The lowest BCUT2D eigenvalue weighted by molar-refractivity contribution is -0.135. The van der Waals surface area contributed by atoms with Crippen molar-refractivity contribution in [3.05, 3.63) is 35.9 Å². The van der Waals surface area contributed by atoms with E-state index in [4.69, 9.17) is 0 Å². The minimum atomic E-state index is -0.0493. The number of guanidine groups is 1. The molecule has 2 aliphatic rings. The number of carbonyl (C=O) groups is 2. The number of halogens is 1. The highest BCUT2D eigenvalue weighted by Crippen LogP contribution is 2.26. The Kier molecular flexibility index (Phi) is 11.1. The van der Waals surface area contributed by atoms with Gasteiger partial charge in [-0.2, -0.15) is 0 Å². The van der Waals surface area contributed by atoms with Gasteiger partial charge >= 0.3 is 0 Å². The smallest absolute Gasteiger partial charge is 0.251 e. The number of nitrogens with one attached hydrogen (secondary N) is 3. The van der Waals surface area contributed by atoms with E-state index >= 15 is 0 Å². The van der Waals surface area contributed by atoms with Crippen LogP contribution in [0.15, 0.2) is 35.3 Å². The number of hydrogen-bond donors (Lipinski definition) is 3. The van der Waals surface area contributed by atoms with Crippen LogP contribution in [0.4, 0.5) is 0 Å². The standard InChI is InChI=1S/C23H35N5O2.HI/c1-24-23(26-15-8-14-25-21(29)18-9-4-2-5-10-18)27-20-13-16-28(17-20)22(30)19-11-6-3-7-12-19;/h2,4-5,9-10,19-20H,3,6-8,11-17H2,1H3,(H,25,29)(H2,24,26,27);1H. The number of carbonyl (C=O) groups excluding carboxylic acids is 2. The van der Waals surface area contributed by atoms with Crippen LogP contribution in [0.1, 0.15) is 55.3 Å². The van der Waals surface area contributed by atoms with Gasteiger partial charge in [-0.05, 0) is 37.8 Å². The highest BCUT2D eigenvalue weighted by atomic mass is 127. The van der Waals surface area contributed by atoms with Crippen LogP contribution in [0.25, 0.3) is 0 Å². The van der Waals surface area contributed by atoms with Crippen molar-refractivity contribution in [3.63, 3.8) is 0 Å². The van der Waals surface area contributed by atoms with E-state index in [1.54, 1.807) is 7.05 Å². The Hall–Kier alpha value is -1.84. The van der Waals surface area contributed by atoms with Crippen molar-refractivity contribution >= 4 is 41.8 Å². The Morgan fingerprint density at radius 3 is 2.45 bits per heavy atom. The molecule has 1 unspecified atom stereocenters. The van der Waals surface area contributed by atoms with E-state index in [1.807, 2.05) is 35.2 Å². The van der Waals surface area contributed by atoms with Gasteiger partial charge in [0.05, 0.1) is 0 Å². The molecule has 7 nitrogen and oxygen atoms in total. The van der Waals surface area contributed by atoms with Gasteiger partial charge in [-0.15, -0.1) is 24.0 Å². The Bertz CT molecular complexity index is 722. The summed E-state index contributed by atoms with van der Waals surface area (Å²) in [5, 5.41) is 9.67. The summed E-state index contributed by atoms with van der Waals surface area (Å²) in [6.45, 7) is 2.90. The summed E-state index contributed by atoms with van der Waals surface area (Å²) in [6.07, 6.45) is 7.51. The fourth-order valence-electron chi connectivity index (χ4n) is 4.26. The fourth-order valence-corrected chi connectivity index (χ4v) is 4.26. The Morgan fingerprint density at radius 1 is 1.03 bits per heavy atom. The maximum atomic E-state index is 12.7. The zero-order chi connectivity index (χ0) is 21.2. The molecule has 0 radical (unpaired) electrons. The van der Waals surface area contributed by atoms with Gasteiger partial charge in [0, 0.05) is 50.7 Å². The predicted octanol–water partition coefficient (Wildman–Crippen LogP) is 2.77. The first kappa shape index (κ1) is 25.4. The number of rotatable bonds is 7. The molecule has 3 rings (SSSR count). The first-order valence-electron chi connectivity index (χ1n) is 11.3. The number of benzene rings is 1. The van der Waals surface area contributed by atoms with Gasteiger partial charge < -0.3 is 20.9 Å². The quantitative estimate of drug-likeness (QED) is 0.215. The number of hydrogen-bond acceptors (Lipinski definition) is 3. The van der Waals surface area contributed by atoms with Crippen molar-refractivity contribution in [2.24, 2.45) is 10.9 Å². The second kappa shape index (κ2) is 13.5. The van der Waals surface area contributed by atoms with Gasteiger partial charge in [0.15, 0.2) is 5.96 Å². The lowest BCUT2D eigenvalue weighted by Gasteiger charge is -2.26. The summed E-state index contributed by atoms with van der Waals surface area (Å²) < 4.78 is 0. The van der Waals surface area contributed by atoms with Gasteiger partial charge in [0.1, 0.15) is 0 Å². The third-order valence-corrected chi connectivity index (χ3v) is 5.99. The summed E-state index contributed by atoms with van der Waals surface area (Å²) in [5.41, 5.74) is 0.677. The van der Waals surface area contributed by atoms with E-state index in [-0.39, 0.29) is 41.8 Å². The average Bonchev–Trinajstić information content (AvgIpc) is 3.27. The number of nitrogens with zero attached hydrogens (tertiary/aromatic N) is 2. The summed E-state index contributed by atoms with van der Waals surface area (Å²) in [7, 11) is 1.76. The van der Waals surface area contributed by atoms with Crippen LogP contribution >= 0.6 is 24.0 Å². The molecule has 31 heavy (non-hydrogen) atoms. The molecule has 1 aliphatic heterocycles. The molecule has 8 heteroatoms. The molecule has 0 aromatic heterocycles. The molecule has 1 aromatic rings. The highest BCUT2D eigenvalue weighted by molar-refractivity contribution is 14.0. The molecule has 1 aromatic carbocycles. The van der Waals surface area contributed by atoms with Gasteiger partial charge in [-0.1, -0.05) is 37.5 Å². The molecule has 2 fully saturated rings. The third kappa shape index (κ3) is 7.97. The second-order valence-corrected chi connectivity index (χ2v) is 8.22. The molecule has 1 atom stereocenters. The zero-order valence-corrected chi connectivity index (χ0v) is 20.8. The van der Waals surface area contributed by atoms with Gasteiger partial charge in [0.2, 0.25) is 5.91 Å². The van der Waals surface area contributed by atoms with E-state index in [0.29, 0.717) is 24.6 Å². The molecular formula is C23H36IN5O2. The number of amides is 2. The average molecular weight is 541 g/mol. The molecule has 1 heterocycles. The van der Waals surface area contributed by atoms with Crippen LogP contribution in [0, 0.1) is 5.92 Å². The number of aliphatic imine (C=N–C) groups is 1. The molecule has 2 amide bonds. The first-order chi connectivity index (χ1) is 14.7. The van der Waals surface area contributed by atoms with Crippen LogP contribution in [-0.4, -0.2) is 61.9 Å². The maximum absolute atomic E-state index is 12.7. The van der Waals surface area contributed by atoms with Crippen molar-refractivity contribution < 1.29 is 9.59 Å². The molecule has 3 N–H and O–H groups in total. The van der Waals surface area contributed by atoms with Gasteiger partial charge in [-0.25, -0.2) is 0 Å². The summed E-state index contributed by atoms with van der Waals surface area (Å²) in [6, 6.07) is 9.47. The van der Waals surface area contributed by atoms with Crippen LogP contribution in [-0.2, 0) is 4.79 Å². The van der Waals surface area contributed by atoms with Crippen molar-refractivity contribution in [3.8, 4) is 0 Å². The lowest BCUT2D eigenvalue weighted by atomic mass is 9.88. The van der Waals surface area contributed by atoms with E-state index in [2.05, 4.69) is 20.9 Å². The minimum absolute atomic E-state index is 0. The topological polar surface area (TPSA) is 85.8 Å². The Morgan fingerprint density at radius 2 is 1.74 bits per heavy atom. The zero-order valence-electron chi connectivity index (χ0n) is 18.4. The van der Waals surface area contributed by atoms with Crippen LogP contribution in [0.3, 0.4) is 0 Å². The van der Waals surface area contributed by atoms with Gasteiger partial charge in [0.25, 0.3) is 5.91 Å². The summed E-state index contributed by atoms with van der Waals surface area (Å²) in [4.78, 5) is 31.1. The fraction of sp³-hybridized carbons (Fsp3) is 0.609. The van der Waals surface area contributed by atoms with Gasteiger partial charge in [-0.3, -0.25) is 14.6 Å². The minimum Gasteiger partial charge on any atom is -0.356 e. The maximum Gasteiger partial charge on any atom is 0.251 e. The molecule has 1 saturated heterocycles. The SMILES string of the molecule is CN=C(NCCCNC(=O)c1ccccc1)NC1CCN(C(=O)C2CCCCC2)C1.I. The molecular weight excluding hydrogens is 505 g/mol. The van der Waals surface area contributed by atoms with Crippen LogP contribution < -0.4 is 16.0 Å². The van der Waals surface area contributed by atoms with Crippen LogP contribution in [0.5, 0.6) is 0 Å². The second-order valence-electron chi connectivity index (χ2n) is 8.22. The predicted molar refractivity (Wildman–Crippen MR) is 135 cm³/mol. The highest BCUT2D eigenvalue weighted by Gasteiger charge is 2.31. The molecule has 0 spiro atoms. The number of likely N-dealkylation sites (tertiary alicyclic amines) is 1. The van der Waals surface area contributed by atoms with Crippen molar-refractivity contribution in [1.29, 1.82) is 0 Å². The molecule has 1 saturated carbocycles. The molecule has 172 valence electrons. The van der Waals surface area contributed by atoms with E-state index in [9.17, 15) is 9.59 Å². The molecule has 1 aliphatic carbocycles. The Labute approximate surface area is 202 Å². The normalized spacial score (nSPS) is 19.5. The van der Waals surface area contributed by atoms with Crippen molar-refractivity contribution in [2.45, 2.75) is 51.0 Å². The van der Waals surface area contributed by atoms with Crippen molar-refractivity contribution in [1.82, 2.24) is 20.9 Å². The van der Waals surface area contributed by atoms with Crippen molar-refractivity contribution in [2.75, 3.05) is 33.2 Å². The monoisotopic (exact) mass is 541 g/mol. The van der Waals surface area contributed by atoms with Crippen LogP contribution in [0.2, 0.25) is 0 Å². The van der Waals surface area contributed by atoms with E-state index in [1.165, 1.54) is 19.3 Å². The lowest BCUT2D eigenvalue weighted by Crippen LogP contribution is -2.46. The molecule has 0 bridgehead atoms. The summed E-state index contributed by atoms with van der Waals surface area (Å²) >= 11 is 0.